The predicted molar refractivity (Wildman–Crippen MR) is 66.3 cm³/mol. The summed E-state index contributed by atoms with van der Waals surface area (Å²) >= 11 is 0. The van der Waals surface area contributed by atoms with Crippen molar-refractivity contribution in [2.24, 2.45) is 0 Å². The lowest BCUT2D eigenvalue weighted by atomic mass is 10.0. The zero-order chi connectivity index (χ0) is 13.6. The molecule has 0 amide bonds. The van der Waals surface area contributed by atoms with Crippen LogP contribution in [0.25, 0.3) is 0 Å². The molecule has 0 spiro atoms. The van der Waals surface area contributed by atoms with Crippen molar-refractivity contribution in [2.75, 3.05) is 18.8 Å². The third kappa shape index (κ3) is 2.23. The van der Waals surface area contributed by atoms with Gasteiger partial charge in [0.15, 0.2) is 5.82 Å². The maximum absolute atomic E-state index is 12.2. The minimum atomic E-state index is -3.64. The second-order valence-corrected chi connectivity index (χ2v) is 6.82. The molecule has 0 atom stereocenters. The number of nitrogens with two attached hydrogens (primary N) is 1. The zero-order valence-corrected chi connectivity index (χ0v) is 11.3. The number of sulfonamides is 1. The summed E-state index contributed by atoms with van der Waals surface area (Å²) in [7, 11) is -3.64. The van der Waals surface area contributed by atoms with Crippen molar-refractivity contribution in [2.45, 2.75) is 37.3 Å². The van der Waals surface area contributed by atoms with E-state index in [4.69, 9.17) is 5.73 Å². The van der Waals surface area contributed by atoms with Gasteiger partial charge in [-0.05, 0) is 13.3 Å². The Bertz CT molecular complexity index is 541. The molecule has 0 bridgehead atoms. The van der Waals surface area contributed by atoms with E-state index in [0.29, 0.717) is 6.54 Å². The number of nitrogens with zero attached hydrogens (tertiary/aromatic N) is 3. The lowest BCUT2D eigenvalue weighted by Crippen LogP contribution is -2.61. The topological polar surface area (TPSA) is 101 Å². The molecule has 18 heavy (non-hydrogen) atoms. The van der Waals surface area contributed by atoms with Crippen molar-refractivity contribution >= 4 is 15.8 Å². The van der Waals surface area contributed by atoms with Gasteiger partial charge in [0, 0.05) is 25.8 Å². The first-order valence-electron chi connectivity index (χ1n) is 5.82. The summed E-state index contributed by atoms with van der Waals surface area (Å²) in [6, 6.07) is 0. The van der Waals surface area contributed by atoms with Crippen LogP contribution in [0.2, 0.25) is 0 Å². The first-order valence-corrected chi connectivity index (χ1v) is 7.26. The molecule has 0 unspecified atom stereocenters. The Morgan fingerprint density at radius 1 is 1.56 bits per heavy atom. The molecule has 1 aromatic heterocycles. The number of hydrogen-bond donors (Lipinski definition) is 2. The van der Waals surface area contributed by atoms with E-state index in [1.54, 1.807) is 6.92 Å². The summed E-state index contributed by atoms with van der Waals surface area (Å²) < 4.78 is 27.2. The molecule has 0 radical (unpaired) electrons. The molecule has 2 rings (SSSR count). The summed E-state index contributed by atoms with van der Waals surface area (Å²) in [6.07, 6.45) is 2.29. The van der Waals surface area contributed by atoms with Crippen LogP contribution in [-0.2, 0) is 16.6 Å². The van der Waals surface area contributed by atoms with Gasteiger partial charge in [-0.2, -0.15) is 9.40 Å². The monoisotopic (exact) mass is 274 g/mol. The molecular weight excluding hydrogens is 256 g/mol. The maximum atomic E-state index is 12.2. The number of nitrogen functional groups attached to an aromatic ring is 1. The van der Waals surface area contributed by atoms with Crippen LogP contribution in [0.1, 0.15) is 20.3 Å². The van der Waals surface area contributed by atoms with E-state index in [2.05, 4.69) is 5.10 Å². The zero-order valence-electron chi connectivity index (χ0n) is 10.5. The maximum Gasteiger partial charge on any atom is 0.248 e. The van der Waals surface area contributed by atoms with Crippen LogP contribution in [0.5, 0.6) is 0 Å². The van der Waals surface area contributed by atoms with Crippen LogP contribution in [-0.4, -0.2) is 46.3 Å². The van der Waals surface area contributed by atoms with Crippen molar-refractivity contribution in [1.29, 1.82) is 0 Å². The van der Waals surface area contributed by atoms with Crippen molar-refractivity contribution in [1.82, 2.24) is 14.1 Å². The summed E-state index contributed by atoms with van der Waals surface area (Å²) in [5.41, 5.74) is 4.70. The second kappa shape index (κ2) is 4.22. The SMILES string of the molecule is CCCn1cc(S(=O)(=O)N2CC(C)(O)C2)c(N)n1. The van der Waals surface area contributed by atoms with Gasteiger partial charge in [-0.3, -0.25) is 4.68 Å². The van der Waals surface area contributed by atoms with Gasteiger partial charge < -0.3 is 10.8 Å². The Kier molecular flexibility index (Phi) is 3.12. The summed E-state index contributed by atoms with van der Waals surface area (Å²) in [6.45, 7) is 4.38. The first kappa shape index (κ1) is 13.3. The van der Waals surface area contributed by atoms with Crippen molar-refractivity contribution in [3.05, 3.63) is 6.20 Å². The number of aryl methyl sites for hydroxylation is 1. The molecule has 0 saturated carbocycles. The van der Waals surface area contributed by atoms with Gasteiger partial charge in [-0.15, -0.1) is 0 Å². The molecule has 0 aromatic carbocycles. The largest absolute Gasteiger partial charge is 0.387 e. The number of aromatic nitrogens is 2. The minimum absolute atomic E-state index is 0.00925. The molecule has 0 aliphatic carbocycles. The Hall–Kier alpha value is -1.12. The molecule has 3 N–H and O–H groups in total. The Morgan fingerprint density at radius 3 is 2.67 bits per heavy atom. The Balaban J connectivity index is 2.25. The van der Waals surface area contributed by atoms with Crippen LogP contribution < -0.4 is 5.73 Å². The highest BCUT2D eigenvalue weighted by molar-refractivity contribution is 7.89. The van der Waals surface area contributed by atoms with E-state index in [-0.39, 0.29) is 23.8 Å². The van der Waals surface area contributed by atoms with E-state index in [1.165, 1.54) is 15.2 Å². The molecule has 1 saturated heterocycles. The first-order chi connectivity index (χ1) is 8.26. The molecule has 8 heteroatoms. The number of aliphatic hydroxyl groups is 1. The van der Waals surface area contributed by atoms with Crippen LogP contribution in [0, 0.1) is 0 Å². The summed E-state index contributed by atoms with van der Waals surface area (Å²) in [4.78, 5) is 0.0199. The third-order valence-corrected chi connectivity index (χ3v) is 4.67. The molecule has 2 heterocycles. The highest BCUT2D eigenvalue weighted by Crippen LogP contribution is 2.29. The fourth-order valence-corrected chi connectivity index (χ4v) is 3.72. The van der Waals surface area contributed by atoms with Crippen LogP contribution in [0.15, 0.2) is 11.1 Å². The fraction of sp³-hybridized carbons (Fsp3) is 0.700. The third-order valence-electron chi connectivity index (χ3n) is 2.86. The van der Waals surface area contributed by atoms with Crippen LogP contribution in [0.4, 0.5) is 5.82 Å². The highest BCUT2D eigenvalue weighted by atomic mass is 32.2. The Morgan fingerprint density at radius 2 is 2.17 bits per heavy atom. The predicted octanol–water partition coefficient (Wildman–Crippen LogP) is -0.369. The summed E-state index contributed by atoms with van der Waals surface area (Å²) in [5, 5.41) is 13.6. The Labute approximate surface area is 106 Å². The van der Waals surface area contributed by atoms with Gasteiger partial charge in [0.2, 0.25) is 10.0 Å². The van der Waals surface area contributed by atoms with Gasteiger partial charge in [0.05, 0.1) is 5.60 Å². The minimum Gasteiger partial charge on any atom is -0.387 e. The fourth-order valence-electron chi connectivity index (χ4n) is 1.98. The number of hydrogen-bond acceptors (Lipinski definition) is 5. The molecular formula is C10H18N4O3S. The smallest absolute Gasteiger partial charge is 0.248 e. The van der Waals surface area contributed by atoms with Crippen LogP contribution in [0.3, 0.4) is 0 Å². The number of rotatable bonds is 4. The van der Waals surface area contributed by atoms with Gasteiger partial charge in [-0.1, -0.05) is 6.92 Å². The van der Waals surface area contributed by atoms with Crippen molar-refractivity contribution in [3.8, 4) is 0 Å². The highest BCUT2D eigenvalue weighted by Gasteiger charge is 2.45. The van der Waals surface area contributed by atoms with E-state index in [0.717, 1.165) is 6.42 Å². The molecule has 1 aliphatic heterocycles. The quantitative estimate of drug-likeness (QED) is 0.780. The lowest BCUT2D eigenvalue weighted by molar-refractivity contribution is -0.0426. The van der Waals surface area contributed by atoms with E-state index in [1.807, 2.05) is 6.92 Å². The van der Waals surface area contributed by atoms with Gasteiger partial charge in [0.25, 0.3) is 0 Å². The number of β-amino-alcohol motifs (C(OH)–C–C–N with tert-alkyl or cyclic N) is 1. The average Bonchev–Trinajstić information content (AvgIpc) is 2.57. The molecule has 7 nitrogen and oxygen atoms in total. The van der Waals surface area contributed by atoms with Crippen molar-refractivity contribution in [3.63, 3.8) is 0 Å². The van der Waals surface area contributed by atoms with E-state index in [9.17, 15) is 13.5 Å². The van der Waals surface area contributed by atoms with E-state index < -0.39 is 15.6 Å². The van der Waals surface area contributed by atoms with Crippen molar-refractivity contribution < 1.29 is 13.5 Å². The normalized spacial score (nSPS) is 19.7. The molecule has 1 aromatic rings. The lowest BCUT2D eigenvalue weighted by Gasteiger charge is -2.42. The molecule has 1 aliphatic rings. The van der Waals surface area contributed by atoms with E-state index >= 15 is 0 Å². The van der Waals surface area contributed by atoms with Gasteiger partial charge in [-0.25, -0.2) is 8.42 Å². The summed E-state index contributed by atoms with van der Waals surface area (Å²) in [5.74, 6) is 0.00925. The van der Waals surface area contributed by atoms with Gasteiger partial charge in [0.1, 0.15) is 4.90 Å². The second-order valence-electron chi connectivity index (χ2n) is 4.91. The molecule has 1 fully saturated rings. The molecule has 102 valence electrons. The standard InChI is InChI=1S/C10H18N4O3S/c1-3-4-13-5-8(9(11)12-13)18(16,17)14-6-10(2,15)7-14/h5,15H,3-4,6-7H2,1-2H3,(H2,11,12). The number of anilines is 1. The van der Waals surface area contributed by atoms with Crippen LogP contribution >= 0.6 is 0 Å². The van der Waals surface area contributed by atoms with Gasteiger partial charge >= 0.3 is 0 Å². The average molecular weight is 274 g/mol.